The van der Waals surface area contributed by atoms with Crippen molar-refractivity contribution in [1.82, 2.24) is 9.78 Å². The number of carbonyl (C=O) groups excluding carboxylic acids is 1. The number of rotatable bonds is 4. The molecule has 0 aliphatic carbocycles. The molecule has 1 N–H and O–H groups in total. The summed E-state index contributed by atoms with van der Waals surface area (Å²) in [6.45, 7) is 3.88. The van der Waals surface area contributed by atoms with Crippen molar-refractivity contribution in [3.05, 3.63) is 86.6 Å². The van der Waals surface area contributed by atoms with Crippen LogP contribution in [0, 0.1) is 0 Å². The second-order valence-corrected chi connectivity index (χ2v) is 5.37. The molecule has 0 radical (unpaired) electrons. The maximum atomic E-state index is 12.7. The van der Waals surface area contributed by atoms with E-state index in [9.17, 15) is 14.7 Å². The summed E-state index contributed by atoms with van der Waals surface area (Å²) in [5.41, 5.74) is 1.70. The number of H-pyrrole nitrogens is 1. The maximum absolute atomic E-state index is 12.7. The molecule has 0 bridgehead atoms. The monoisotopic (exact) mass is 319 g/mol. The first-order chi connectivity index (χ1) is 11.6. The Morgan fingerprint density at radius 3 is 2.50 bits per heavy atom. The predicted molar refractivity (Wildman–Crippen MR) is 89.9 cm³/mol. The highest BCUT2D eigenvalue weighted by molar-refractivity contribution is 5.70. The lowest BCUT2D eigenvalue weighted by molar-refractivity contribution is -0.304. The minimum Gasteiger partial charge on any atom is -0.550 e. The Morgan fingerprint density at radius 1 is 1.12 bits per heavy atom. The second-order valence-electron chi connectivity index (χ2n) is 5.37. The Balaban J connectivity index is 2.17. The van der Waals surface area contributed by atoms with Crippen molar-refractivity contribution in [1.29, 1.82) is 0 Å². The van der Waals surface area contributed by atoms with Crippen LogP contribution in [-0.4, -0.2) is 15.7 Å². The molecule has 1 aromatic heterocycles. The number of carbonyl (C=O) groups is 1. The Morgan fingerprint density at radius 2 is 1.79 bits per heavy atom. The van der Waals surface area contributed by atoms with Crippen molar-refractivity contribution in [2.45, 2.75) is 6.42 Å². The molecule has 3 aromatic rings. The Hall–Kier alpha value is -3.34. The normalized spacial score (nSPS) is 11.6. The number of para-hydroxylation sites is 1. The molecule has 0 aliphatic rings. The van der Waals surface area contributed by atoms with Crippen LogP contribution in [0.4, 0.5) is 0 Å². The summed E-state index contributed by atoms with van der Waals surface area (Å²) < 4.78 is 1.41. The number of benzene rings is 2. The lowest BCUT2D eigenvalue weighted by atomic mass is 10.0. The lowest BCUT2D eigenvalue weighted by Crippen LogP contribution is -2.34. The van der Waals surface area contributed by atoms with Gasteiger partial charge in [-0.15, -0.1) is 0 Å². The van der Waals surface area contributed by atoms with Crippen molar-refractivity contribution in [2.24, 2.45) is 0 Å². The summed E-state index contributed by atoms with van der Waals surface area (Å²) in [6, 6.07) is 16.2. The highest BCUT2D eigenvalue weighted by Crippen LogP contribution is 2.09. The average molecular weight is 319 g/mol. The zero-order chi connectivity index (χ0) is 17.1. The van der Waals surface area contributed by atoms with Crippen molar-refractivity contribution >= 4 is 18.6 Å². The Bertz CT molecular complexity index is 1050. The Labute approximate surface area is 137 Å². The van der Waals surface area contributed by atoms with Crippen LogP contribution in [0.3, 0.4) is 0 Å². The van der Waals surface area contributed by atoms with Gasteiger partial charge in [0.1, 0.15) is 0 Å². The van der Waals surface area contributed by atoms with E-state index in [1.807, 2.05) is 30.3 Å². The standard InChI is InChI=1S/C19H16N2O3/c1-13-17(11-14-7-5-6-8-15(14)12-18(22)23)19(24)21(20-13)16-9-3-2-4-10-16/h2-11,20H,1,12H2,(H,22,23)/p-1/b17-11-. The smallest absolute Gasteiger partial charge is 0.279 e. The fourth-order valence-corrected chi connectivity index (χ4v) is 2.55. The predicted octanol–water partition coefficient (Wildman–Crippen LogP) is -0.303. The molecule has 0 aliphatic heterocycles. The van der Waals surface area contributed by atoms with Crippen LogP contribution >= 0.6 is 0 Å². The van der Waals surface area contributed by atoms with Crippen LogP contribution in [-0.2, 0) is 11.2 Å². The van der Waals surface area contributed by atoms with E-state index in [0.717, 1.165) is 0 Å². The first kappa shape index (κ1) is 15.6. The zero-order valence-corrected chi connectivity index (χ0v) is 12.9. The molecule has 0 saturated carbocycles. The number of hydrogen-bond acceptors (Lipinski definition) is 3. The summed E-state index contributed by atoms with van der Waals surface area (Å²) in [7, 11) is 0. The van der Waals surface area contributed by atoms with Crippen LogP contribution in [0.25, 0.3) is 18.3 Å². The van der Waals surface area contributed by atoms with E-state index in [2.05, 4.69) is 11.7 Å². The van der Waals surface area contributed by atoms with Crippen molar-refractivity contribution in [3.63, 3.8) is 0 Å². The molecule has 2 aromatic carbocycles. The quantitative estimate of drug-likeness (QED) is 0.717. The van der Waals surface area contributed by atoms with E-state index in [1.54, 1.807) is 30.3 Å². The number of carboxylic acids is 1. The van der Waals surface area contributed by atoms with E-state index in [-0.39, 0.29) is 12.0 Å². The van der Waals surface area contributed by atoms with Crippen LogP contribution in [0.1, 0.15) is 11.1 Å². The fourth-order valence-electron chi connectivity index (χ4n) is 2.55. The molecule has 1 heterocycles. The molecule has 5 nitrogen and oxygen atoms in total. The number of aromatic nitrogens is 2. The average Bonchev–Trinajstić information content (AvgIpc) is 2.85. The molecule has 24 heavy (non-hydrogen) atoms. The van der Waals surface area contributed by atoms with Crippen molar-refractivity contribution in [2.75, 3.05) is 0 Å². The van der Waals surface area contributed by atoms with Crippen LogP contribution < -0.4 is 21.2 Å². The molecule has 5 heteroatoms. The molecule has 0 atom stereocenters. The second kappa shape index (κ2) is 6.42. The van der Waals surface area contributed by atoms with E-state index >= 15 is 0 Å². The highest BCUT2D eigenvalue weighted by atomic mass is 16.4. The molecule has 0 fully saturated rings. The third-order valence-corrected chi connectivity index (χ3v) is 3.71. The first-order valence-corrected chi connectivity index (χ1v) is 7.41. The number of nitrogens with zero attached hydrogens (tertiary/aromatic N) is 1. The number of aromatic amines is 1. The van der Waals surface area contributed by atoms with Gasteiger partial charge in [-0.05, 0) is 29.3 Å². The summed E-state index contributed by atoms with van der Waals surface area (Å²) in [5, 5.41) is 14.7. The first-order valence-electron chi connectivity index (χ1n) is 7.41. The van der Waals surface area contributed by atoms with Gasteiger partial charge in [0.05, 0.1) is 16.3 Å². The van der Waals surface area contributed by atoms with Gasteiger partial charge in [-0.25, -0.2) is 4.68 Å². The van der Waals surface area contributed by atoms with Crippen molar-refractivity contribution in [3.8, 4) is 5.69 Å². The van der Waals surface area contributed by atoms with E-state index in [0.29, 0.717) is 27.4 Å². The zero-order valence-electron chi connectivity index (χ0n) is 12.9. The molecule has 0 unspecified atom stereocenters. The number of nitrogens with one attached hydrogen (secondary N) is 1. The summed E-state index contributed by atoms with van der Waals surface area (Å²) >= 11 is 0. The number of aliphatic carboxylic acids is 1. The fraction of sp³-hybridized carbons (Fsp3) is 0.0526. The summed E-state index contributed by atoms with van der Waals surface area (Å²) in [4.78, 5) is 23.5. The highest BCUT2D eigenvalue weighted by Gasteiger charge is 2.06. The van der Waals surface area contributed by atoms with Gasteiger partial charge in [0, 0.05) is 12.4 Å². The molecule has 0 amide bonds. The van der Waals surface area contributed by atoms with Gasteiger partial charge in [-0.3, -0.25) is 9.89 Å². The Kier molecular flexibility index (Phi) is 4.16. The molecular weight excluding hydrogens is 304 g/mol. The van der Waals surface area contributed by atoms with Gasteiger partial charge in [0.25, 0.3) is 5.56 Å². The lowest BCUT2D eigenvalue weighted by Gasteiger charge is -2.05. The minimum atomic E-state index is -1.17. The third-order valence-electron chi connectivity index (χ3n) is 3.71. The largest absolute Gasteiger partial charge is 0.550 e. The van der Waals surface area contributed by atoms with Crippen LogP contribution in [0.5, 0.6) is 0 Å². The minimum absolute atomic E-state index is 0.212. The van der Waals surface area contributed by atoms with Gasteiger partial charge in [-0.2, -0.15) is 0 Å². The van der Waals surface area contributed by atoms with Gasteiger partial charge in [0.2, 0.25) is 0 Å². The van der Waals surface area contributed by atoms with E-state index < -0.39 is 5.97 Å². The summed E-state index contributed by atoms with van der Waals surface area (Å²) in [6.07, 6.45) is 1.44. The number of carboxylic acid groups (broad SMARTS) is 1. The van der Waals surface area contributed by atoms with Crippen LogP contribution in [0.15, 0.2) is 59.4 Å². The van der Waals surface area contributed by atoms with E-state index in [1.165, 1.54) is 4.68 Å². The van der Waals surface area contributed by atoms with E-state index in [4.69, 9.17) is 0 Å². The van der Waals surface area contributed by atoms with Gasteiger partial charge in [-0.1, -0.05) is 49.0 Å². The molecule has 3 rings (SSSR count). The van der Waals surface area contributed by atoms with Gasteiger partial charge < -0.3 is 9.90 Å². The topological polar surface area (TPSA) is 77.9 Å². The molecule has 0 saturated heterocycles. The molecule has 120 valence electrons. The van der Waals surface area contributed by atoms with Crippen LogP contribution in [0.2, 0.25) is 0 Å². The molecular formula is C19H15N2O3-. The van der Waals surface area contributed by atoms with Gasteiger partial charge in [0.15, 0.2) is 0 Å². The summed E-state index contributed by atoms with van der Waals surface area (Å²) in [5.74, 6) is -1.17. The SMILES string of the molecule is C=c1[nH]n(-c2ccccc2)c(=O)/c1=C\c1ccccc1CC(=O)[O-]. The molecule has 0 spiro atoms. The maximum Gasteiger partial charge on any atom is 0.279 e. The number of hydrogen-bond donors (Lipinski definition) is 1. The van der Waals surface area contributed by atoms with Crippen molar-refractivity contribution < 1.29 is 9.90 Å². The third kappa shape index (κ3) is 3.05. The van der Waals surface area contributed by atoms with Gasteiger partial charge >= 0.3 is 0 Å².